The molecule has 0 aromatic rings. The summed E-state index contributed by atoms with van der Waals surface area (Å²) in [6.45, 7) is 14.9. The highest BCUT2D eigenvalue weighted by Crippen LogP contribution is 2.17. The first-order valence-corrected chi connectivity index (χ1v) is 7.16. The average molecular weight is 241 g/mol. The molecule has 17 heavy (non-hydrogen) atoms. The standard InChI is InChI=1S/C14H31N3/c1-6-15-14(3,4)12-16(5)11-13-9-8-10-17(13)7-2/h13,15H,6-12H2,1-5H3. The molecule has 1 fully saturated rings. The highest BCUT2D eigenvalue weighted by atomic mass is 15.2. The summed E-state index contributed by atoms with van der Waals surface area (Å²) in [5.41, 5.74) is 0.221. The number of likely N-dealkylation sites (tertiary alicyclic amines) is 1. The van der Waals surface area contributed by atoms with Gasteiger partial charge >= 0.3 is 0 Å². The van der Waals surface area contributed by atoms with E-state index >= 15 is 0 Å². The smallest absolute Gasteiger partial charge is 0.0251 e. The summed E-state index contributed by atoms with van der Waals surface area (Å²) in [5, 5.41) is 3.55. The minimum absolute atomic E-state index is 0.221. The van der Waals surface area contributed by atoms with Crippen LogP contribution in [0, 0.1) is 0 Å². The lowest BCUT2D eigenvalue weighted by molar-refractivity contribution is 0.170. The highest BCUT2D eigenvalue weighted by Gasteiger charge is 2.26. The van der Waals surface area contributed by atoms with Crippen molar-refractivity contribution in [3.63, 3.8) is 0 Å². The molecule has 0 radical (unpaired) electrons. The number of rotatable bonds is 7. The number of likely N-dealkylation sites (N-methyl/N-ethyl adjacent to an activating group) is 3. The minimum atomic E-state index is 0.221. The number of hydrogen-bond acceptors (Lipinski definition) is 3. The lowest BCUT2D eigenvalue weighted by Gasteiger charge is -2.34. The second-order valence-electron chi connectivity index (χ2n) is 6.04. The van der Waals surface area contributed by atoms with Crippen LogP contribution >= 0.6 is 0 Å². The minimum Gasteiger partial charge on any atom is -0.311 e. The number of hydrogen-bond donors (Lipinski definition) is 1. The maximum Gasteiger partial charge on any atom is 0.0251 e. The van der Waals surface area contributed by atoms with Crippen molar-refractivity contribution in [2.24, 2.45) is 0 Å². The SMILES string of the molecule is CCNC(C)(C)CN(C)CC1CCCN1CC. The molecule has 1 rings (SSSR count). The van der Waals surface area contributed by atoms with Crippen molar-refractivity contribution >= 4 is 0 Å². The van der Waals surface area contributed by atoms with Crippen LogP contribution in [0.5, 0.6) is 0 Å². The molecule has 0 amide bonds. The average Bonchev–Trinajstić information content (AvgIpc) is 2.63. The van der Waals surface area contributed by atoms with Crippen molar-refractivity contribution in [2.75, 3.05) is 39.8 Å². The Morgan fingerprint density at radius 2 is 2.06 bits per heavy atom. The number of nitrogens with one attached hydrogen (secondary N) is 1. The van der Waals surface area contributed by atoms with Crippen LogP contribution < -0.4 is 5.32 Å². The van der Waals surface area contributed by atoms with Crippen molar-refractivity contribution in [1.82, 2.24) is 15.1 Å². The topological polar surface area (TPSA) is 18.5 Å². The fraction of sp³-hybridized carbons (Fsp3) is 1.00. The van der Waals surface area contributed by atoms with Gasteiger partial charge < -0.3 is 10.2 Å². The van der Waals surface area contributed by atoms with E-state index in [2.05, 4.69) is 49.9 Å². The highest BCUT2D eigenvalue weighted by molar-refractivity contribution is 4.85. The summed E-state index contributed by atoms with van der Waals surface area (Å²) in [6.07, 6.45) is 2.75. The molecule has 1 saturated heterocycles. The van der Waals surface area contributed by atoms with E-state index in [4.69, 9.17) is 0 Å². The molecule has 1 aliphatic heterocycles. The molecule has 0 aromatic heterocycles. The zero-order valence-corrected chi connectivity index (χ0v) is 12.4. The summed E-state index contributed by atoms with van der Waals surface area (Å²) in [5.74, 6) is 0. The summed E-state index contributed by atoms with van der Waals surface area (Å²) in [4.78, 5) is 5.11. The molecule has 0 aromatic carbocycles. The second kappa shape index (κ2) is 6.72. The van der Waals surface area contributed by atoms with Crippen molar-refractivity contribution in [2.45, 2.75) is 52.1 Å². The van der Waals surface area contributed by atoms with Crippen LogP contribution in [0.1, 0.15) is 40.5 Å². The van der Waals surface area contributed by atoms with E-state index in [0.717, 1.165) is 19.1 Å². The molecular weight excluding hydrogens is 210 g/mol. The summed E-state index contributed by atoms with van der Waals surface area (Å²) in [6, 6.07) is 0.780. The predicted molar refractivity (Wildman–Crippen MR) is 75.5 cm³/mol. The molecule has 3 nitrogen and oxygen atoms in total. The Labute approximate surface area is 108 Å². The Balaban J connectivity index is 2.35. The van der Waals surface area contributed by atoms with Crippen LogP contribution in [-0.4, -0.2) is 61.2 Å². The first-order chi connectivity index (χ1) is 7.98. The number of nitrogens with zero attached hydrogens (tertiary/aromatic N) is 2. The molecular formula is C14H31N3. The van der Waals surface area contributed by atoms with E-state index in [1.165, 1.54) is 32.5 Å². The molecule has 1 aliphatic rings. The van der Waals surface area contributed by atoms with E-state index in [9.17, 15) is 0 Å². The molecule has 1 unspecified atom stereocenters. The molecule has 0 bridgehead atoms. The van der Waals surface area contributed by atoms with Gasteiger partial charge in [-0.1, -0.05) is 13.8 Å². The molecule has 0 saturated carbocycles. The van der Waals surface area contributed by atoms with E-state index in [-0.39, 0.29) is 5.54 Å². The molecule has 102 valence electrons. The second-order valence-corrected chi connectivity index (χ2v) is 6.04. The van der Waals surface area contributed by atoms with Gasteiger partial charge in [0.1, 0.15) is 0 Å². The van der Waals surface area contributed by atoms with Gasteiger partial charge in [-0.2, -0.15) is 0 Å². The lowest BCUT2D eigenvalue weighted by Crippen LogP contribution is -2.50. The van der Waals surface area contributed by atoms with E-state index in [0.29, 0.717) is 0 Å². The normalized spacial score (nSPS) is 22.6. The third kappa shape index (κ3) is 4.94. The Morgan fingerprint density at radius 1 is 1.35 bits per heavy atom. The molecule has 1 atom stereocenters. The maximum absolute atomic E-state index is 3.55. The van der Waals surface area contributed by atoms with Crippen LogP contribution in [0.25, 0.3) is 0 Å². The lowest BCUT2D eigenvalue weighted by atomic mass is 10.0. The van der Waals surface area contributed by atoms with Crippen LogP contribution in [0.15, 0.2) is 0 Å². The van der Waals surface area contributed by atoms with Gasteiger partial charge in [0, 0.05) is 24.7 Å². The van der Waals surface area contributed by atoms with Gasteiger partial charge in [-0.25, -0.2) is 0 Å². The van der Waals surface area contributed by atoms with Crippen LogP contribution in [-0.2, 0) is 0 Å². The molecule has 0 spiro atoms. The monoisotopic (exact) mass is 241 g/mol. The predicted octanol–water partition coefficient (Wildman–Crippen LogP) is 1.79. The zero-order chi connectivity index (χ0) is 12.9. The zero-order valence-electron chi connectivity index (χ0n) is 12.4. The van der Waals surface area contributed by atoms with Crippen molar-refractivity contribution < 1.29 is 0 Å². The molecule has 0 aliphatic carbocycles. The largest absolute Gasteiger partial charge is 0.311 e. The Hall–Kier alpha value is -0.120. The maximum atomic E-state index is 3.55. The molecule has 1 N–H and O–H groups in total. The van der Waals surface area contributed by atoms with Gasteiger partial charge in [0.25, 0.3) is 0 Å². The fourth-order valence-electron chi connectivity index (χ4n) is 3.15. The Kier molecular flexibility index (Phi) is 5.90. The van der Waals surface area contributed by atoms with Crippen LogP contribution in [0.3, 0.4) is 0 Å². The van der Waals surface area contributed by atoms with Crippen LogP contribution in [0.2, 0.25) is 0 Å². The van der Waals surface area contributed by atoms with E-state index in [1.807, 2.05) is 0 Å². The van der Waals surface area contributed by atoms with Crippen molar-refractivity contribution in [3.05, 3.63) is 0 Å². The van der Waals surface area contributed by atoms with E-state index < -0.39 is 0 Å². The van der Waals surface area contributed by atoms with Gasteiger partial charge in [-0.15, -0.1) is 0 Å². The molecule has 3 heteroatoms. The van der Waals surface area contributed by atoms with Gasteiger partial charge in [-0.05, 0) is 53.4 Å². The Morgan fingerprint density at radius 3 is 2.65 bits per heavy atom. The van der Waals surface area contributed by atoms with Crippen LogP contribution in [0.4, 0.5) is 0 Å². The quantitative estimate of drug-likeness (QED) is 0.733. The van der Waals surface area contributed by atoms with Crippen molar-refractivity contribution in [3.8, 4) is 0 Å². The Bertz CT molecular complexity index is 216. The van der Waals surface area contributed by atoms with Gasteiger partial charge in [0.15, 0.2) is 0 Å². The van der Waals surface area contributed by atoms with Crippen molar-refractivity contribution in [1.29, 1.82) is 0 Å². The third-order valence-corrected chi connectivity index (χ3v) is 3.75. The van der Waals surface area contributed by atoms with Gasteiger partial charge in [0.05, 0.1) is 0 Å². The first-order valence-electron chi connectivity index (χ1n) is 7.16. The summed E-state index contributed by atoms with van der Waals surface area (Å²) >= 11 is 0. The molecule has 1 heterocycles. The summed E-state index contributed by atoms with van der Waals surface area (Å²) < 4.78 is 0. The summed E-state index contributed by atoms with van der Waals surface area (Å²) in [7, 11) is 2.26. The first kappa shape index (κ1) is 14.9. The third-order valence-electron chi connectivity index (χ3n) is 3.75. The van der Waals surface area contributed by atoms with Gasteiger partial charge in [0.2, 0.25) is 0 Å². The van der Waals surface area contributed by atoms with Gasteiger partial charge in [-0.3, -0.25) is 4.90 Å². The fourth-order valence-corrected chi connectivity index (χ4v) is 3.15. The van der Waals surface area contributed by atoms with E-state index in [1.54, 1.807) is 0 Å².